The highest BCUT2D eigenvalue weighted by molar-refractivity contribution is 5.97. The van der Waals surface area contributed by atoms with Gasteiger partial charge in [-0.2, -0.15) is 0 Å². The summed E-state index contributed by atoms with van der Waals surface area (Å²) in [6, 6.07) is 11.4. The van der Waals surface area contributed by atoms with Gasteiger partial charge in [-0.15, -0.1) is 0 Å². The number of furan rings is 1. The SMILES string of the molecule is CNC(=O)NC(=O)[C@H](N[C@H](C)c1ccco1)c1ccccc1. The van der Waals surface area contributed by atoms with Crippen LogP contribution in [0.25, 0.3) is 0 Å². The van der Waals surface area contributed by atoms with Gasteiger partial charge in [0.25, 0.3) is 0 Å². The number of carbonyl (C=O) groups is 2. The smallest absolute Gasteiger partial charge is 0.321 e. The first-order chi connectivity index (χ1) is 10.6. The van der Waals surface area contributed by atoms with Crippen LogP contribution in [0.15, 0.2) is 53.1 Å². The number of imide groups is 1. The number of hydrogen-bond acceptors (Lipinski definition) is 4. The topological polar surface area (TPSA) is 83.4 Å². The quantitative estimate of drug-likeness (QED) is 0.790. The summed E-state index contributed by atoms with van der Waals surface area (Å²) in [5, 5.41) is 7.84. The summed E-state index contributed by atoms with van der Waals surface area (Å²) in [6.45, 7) is 1.89. The Bertz CT molecular complexity index is 611. The standard InChI is InChI=1S/C16H19N3O3/c1-11(13-9-6-10-22-13)18-14(12-7-4-3-5-8-12)15(20)19-16(21)17-2/h3-11,14,18H,1-2H3,(H2,17,19,20,21)/t11-,14-/m1/s1. The molecule has 0 radical (unpaired) electrons. The minimum absolute atomic E-state index is 0.185. The van der Waals surface area contributed by atoms with Gasteiger partial charge >= 0.3 is 6.03 Å². The molecule has 2 rings (SSSR count). The van der Waals surface area contributed by atoms with Gasteiger partial charge in [-0.25, -0.2) is 4.79 Å². The molecule has 0 unspecified atom stereocenters. The van der Waals surface area contributed by atoms with Crippen LogP contribution in [0, 0.1) is 0 Å². The maximum atomic E-state index is 12.4. The third kappa shape index (κ3) is 3.95. The van der Waals surface area contributed by atoms with Crippen LogP contribution in [0.4, 0.5) is 4.79 Å². The molecular weight excluding hydrogens is 282 g/mol. The molecule has 3 amide bonds. The van der Waals surface area contributed by atoms with Crippen molar-refractivity contribution in [3.05, 3.63) is 60.1 Å². The molecule has 116 valence electrons. The van der Waals surface area contributed by atoms with Gasteiger partial charge in [-0.1, -0.05) is 30.3 Å². The van der Waals surface area contributed by atoms with Crippen LogP contribution < -0.4 is 16.0 Å². The molecule has 0 fully saturated rings. The van der Waals surface area contributed by atoms with Crippen LogP contribution in [-0.4, -0.2) is 19.0 Å². The molecule has 0 aliphatic rings. The second-order valence-electron chi connectivity index (χ2n) is 4.82. The molecule has 2 aromatic rings. The molecule has 0 saturated heterocycles. The van der Waals surface area contributed by atoms with Crippen molar-refractivity contribution in [1.29, 1.82) is 0 Å². The summed E-state index contributed by atoms with van der Waals surface area (Å²) in [4.78, 5) is 23.7. The van der Waals surface area contributed by atoms with Crippen molar-refractivity contribution in [3.8, 4) is 0 Å². The summed E-state index contributed by atoms with van der Waals surface area (Å²) in [7, 11) is 1.46. The number of amides is 3. The van der Waals surface area contributed by atoms with E-state index in [2.05, 4.69) is 16.0 Å². The van der Waals surface area contributed by atoms with Crippen molar-refractivity contribution < 1.29 is 14.0 Å². The van der Waals surface area contributed by atoms with Gasteiger partial charge < -0.3 is 9.73 Å². The average Bonchev–Trinajstić information content (AvgIpc) is 3.07. The summed E-state index contributed by atoms with van der Waals surface area (Å²) in [5.74, 6) is 0.289. The number of benzene rings is 1. The van der Waals surface area contributed by atoms with Crippen LogP contribution in [0.1, 0.15) is 30.3 Å². The number of carbonyl (C=O) groups excluding carboxylic acids is 2. The van der Waals surface area contributed by atoms with Gasteiger partial charge in [0.05, 0.1) is 12.3 Å². The fourth-order valence-corrected chi connectivity index (χ4v) is 2.09. The molecule has 0 aliphatic heterocycles. The lowest BCUT2D eigenvalue weighted by Gasteiger charge is -2.21. The fraction of sp³-hybridized carbons (Fsp3) is 0.250. The maximum Gasteiger partial charge on any atom is 0.321 e. The Labute approximate surface area is 128 Å². The highest BCUT2D eigenvalue weighted by Crippen LogP contribution is 2.20. The van der Waals surface area contributed by atoms with E-state index in [0.717, 1.165) is 5.56 Å². The molecule has 0 spiro atoms. The van der Waals surface area contributed by atoms with E-state index in [1.165, 1.54) is 7.05 Å². The van der Waals surface area contributed by atoms with Crippen molar-refractivity contribution in [3.63, 3.8) is 0 Å². The number of nitrogens with one attached hydrogen (secondary N) is 3. The third-order valence-electron chi connectivity index (χ3n) is 3.25. The lowest BCUT2D eigenvalue weighted by molar-refractivity contribution is -0.122. The van der Waals surface area contributed by atoms with Crippen LogP contribution >= 0.6 is 0 Å². The fourth-order valence-electron chi connectivity index (χ4n) is 2.09. The molecule has 1 aromatic carbocycles. The molecule has 1 aromatic heterocycles. The van der Waals surface area contributed by atoms with Crippen molar-refractivity contribution in [2.45, 2.75) is 19.0 Å². The number of rotatable bonds is 5. The lowest BCUT2D eigenvalue weighted by Crippen LogP contribution is -2.44. The van der Waals surface area contributed by atoms with Gasteiger partial charge in [0.1, 0.15) is 11.8 Å². The second-order valence-corrected chi connectivity index (χ2v) is 4.82. The first-order valence-corrected chi connectivity index (χ1v) is 6.98. The third-order valence-corrected chi connectivity index (χ3v) is 3.25. The van der Waals surface area contributed by atoms with E-state index < -0.39 is 18.0 Å². The number of urea groups is 1. The molecular formula is C16H19N3O3. The van der Waals surface area contributed by atoms with E-state index in [-0.39, 0.29) is 6.04 Å². The van der Waals surface area contributed by atoms with E-state index in [4.69, 9.17) is 4.42 Å². The molecule has 1 heterocycles. The minimum atomic E-state index is -0.668. The van der Waals surface area contributed by atoms with Gasteiger partial charge in [-0.3, -0.25) is 15.4 Å². The van der Waals surface area contributed by atoms with Gasteiger partial charge in [0.15, 0.2) is 0 Å². The van der Waals surface area contributed by atoms with Gasteiger partial charge in [-0.05, 0) is 24.6 Å². The highest BCUT2D eigenvalue weighted by Gasteiger charge is 2.24. The predicted molar refractivity (Wildman–Crippen MR) is 82.0 cm³/mol. The zero-order valence-electron chi connectivity index (χ0n) is 12.5. The Morgan fingerprint density at radius 1 is 1.09 bits per heavy atom. The molecule has 3 N–H and O–H groups in total. The second kappa shape index (κ2) is 7.42. The maximum absolute atomic E-state index is 12.4. The molecule has 0 bridgehead atoms. The Morgan fingerprint density at radius 3 is 2.41 bits per heavy atom. The largest absolute Gasteiger partial charge is 0.468 e. The minimum Gasteiger partial charge on any atom is -0.468 e. The summed E-state index contributed by atoms with van der Waals surface area (Å²) in [6.07, 6.45) is 1.58. The summed E-state index contributed by atoms with van der Waals surface area (Å²) < 4.78 is 5.34. The first kappa shape index (κ1) is 15.8. The Morgan fingerprint density at radius 2 is 1.82 bits per heavy atom. The van der Waals surface area contributed by atoms with Crippen LogP contribution in [0.2, 0.25) is 0 Å². The van der Waals surface area contributed by atoms with Crippen molar-refractivity contribution >= 4 is 11.9 Å². The van der Waals surface area contributed by atoms with Gasteiger partial charge in [0.2, 0.25) is 5.91 Å². The van der Waals surface area contributed by atoms with Crippen molar-refractivity contribution in [1.82, 2.24) is 16.0 Å². The molecule has 2 atom stereocenters. The monoisotopic (exact) mass is 301 g/mol. The zero-order valence-corrected chi connectivity index (χ0v) is 12.5. The summed E-state index contributed by atoms with van der Waals surface area (Å²) >= 11 is 0. The zero-order chi connectivity index (χ0) is 15.9. The molecule has 0 aliphatic carbocycles. The highest BCUT2D eigenvalue weighted by atomic mass is 16.3. The summed E-state index contributed by atoms with van der Waals surface area (Å²) in [5.41, 5.74) is 0.766. The van der Waals surface area contributed by atoms with Gasteiger partial charge in [0, 0.05) is 7.05 Å². The van der Waals surface area contributed by atoms with E-state index in [9.17, 15) is 9.59 Å². The number of hydrogen-bond donors (Lipinski definition) is 3. The van der Waals surface area contributed by atoms with Crippen LogP contribution in [0.3, 0.4) is 0 Å². The lowest BCUT2D eigenvalue weighted by atomic mass is 10.0. The van der Waals surface area contributed by atoms with E-state index in [1.54, 1.807) is 12.3 Å². The molecule has 6 nitrogen and oxygen atoms in total. The van der Waals surface area contributed by atoms with E-state index in [1.807, 2.05) is 43.3 Å². The molecule has 22 heavy (non-hydrogen) atoms. The predicted octanol–water partition coefficient (Wildman–Crippen LogP) is 2.13. The molecule has 6 heteroatoms. The molecule has 0 saturated carbocycles. The van der Waals surface area contributed by atoms with Crippen LogP contribution in [0.5, 0.6) is 0 Å². The van der Waals surface area contributed by atoms with Crippen LogP contribution in [-0.2, 0) is 4.79 Å². The van der Waals surface area contributed by atoms with E-state index >= 15 is 0 Å². The first-order valence-electron chi connectivity index (χ1n) is 6.98. The normalized spacial score (nSPS) is 13.2. The average molecular weight is 301 g/mol. The Balaban J connectivity index is 2.18. The Hall–Kier alpha value is -2.60. The van der Waals surface area contributed by atoms with E-state index in [0.29, 0.717) is 5.76 Å². The van der Waals surface area contributed by atoms with Crippen molar-refractivity contribution in [2.24, 2.45) is 0 Å². The Kier molecular flexibility index (Phi) is 5.32. The van der Waals surface area contributed by atoms with Crippen molar-refractivity contribution in [2.75, 3.05) is 7.05 Å².